The van der Waals surface area contributed by atoms with Gasteiger partial charge in [0, 0.05) is 23.8 Å². The summed E-state index contributed by atoms with van der Waals surface area (Å²) >= 11 is 5.92. The van der Waals surface area contributed by atoms with E-state index in [2.05, 4.69) is 25.7 Å². The maximum atomic E-state index is 12.3. The summed E-state index contributed by atoms with van der Waals surface area (Å²) in [5, 5.41) is 14.0. The number of carbonyl (C=O) groups excluding carboxylic acids is 1. The van der Waals surface area contributed by atoms with E-state index < -0.39 is 6.04 Å². The number of hydrogen-bond acceptors (Lipinski definition) is 5. The van der Waals surface area contributed by atoms with Crippen molar-refractivity contribution in [3.05, 3.63) is 64.5 Å². The van der Waals surface area contributed by atoms with Gasteiger partial charge in [-0.1, -0.05) is 28.9 Å². The van der Waals surface area contributed by atoms with Crippen LogP contribution in [-0.4, -0.2) is 26.2 Å². The maximum Gasteiger partial charge on any atom is 0.226 e. The van der Waals surface area contributed by atoms with Crippen LogP contribution in [0, 0.1) is 6.92 Å². The zero-order chi connectivity index (χ0) is 16.2. The van der Waals surface area contributed by atoms with Crippen LogP contribution in [0.4, 0.5) is 0 Å². The van der Waals surface area contributed by atoms with Crippen LogP contribution in [0.2, 0.25) is 5.02 Å². The number of nitrogens with one attached hydrogen (secondary N) is 2. The Morgan fingerprint density at radius 2 is 2.13 bits per heavy atom. The molecule has 1 aromatic carbocycles. The number of aromatic amines is 1. The van der Waals surface area contributed by atoms with E-state index in [4.69, 9.17) is 16.1 Å². The Balaban J connectivity index is 1.83. The fourth-order valence-corrected chi connectivity index (χ4v) is 2.28. The molecule has 3 rings (SSSR count). The predicted octanol–water partition coefficient (Wildman–Crippen LogP) is 2.20. The smallest absolute Gasteiger partial charge is 0.226 e. The second-order valence-electron chi connectivity index (χ2n) is 4.98. The Labute approximate surface area is 137 Å². The number of nitrogens with zero attached hydrogens (tertiary/aromatic N) is 3. The molecule has 3 aromatic rings. The Morgan fingerprint density at radius 3 is 2.74 bits per heavy atom. The Morgan fingerprint density at radius 1 is 1.35 bits per heavy atom. The van der Waals surface area contributed by atoms with Crippen LogP contribution in [0.1, 0.15) is 29.0 Å². The van der Waals surface area contributed by atoms with E-state index in [0.717, 1.165) is 11.3 Å². The first-order valence-corrected chi connectivity index (χ1v) is 7.33. The quantitative estimate of drug-likeness (QED) is 0.747. The van der Waals surface area contributed by atoms with Crippen LogP contribution in [0.15, 0.2) is 41.1 Å². The second-order valence-corrected chi connectivity index (χ2v) is 5.42. The van der Waals surface area contributed by atoms with E-state index in [1.165, 1.54) is 0 Å². The minimum atomic E-state index is -0.514. The van der Waals surface area contributed by atoms with Crippen molar-refractivity contribution in [2.24, 2.45) is 0 Å². The molecule has 8 heteroatoms. The van der Waals surface area contributed by atoms with Gasteiger partial charge in [-0.25, -0.2) is 0 Å². The monoisotopic (exact) mass is 331 g/mol. The van der Waals surface area contributed by atoms with Gasteiger partial charge in [-0.3, -0.25) is 9.89 Å². The average Bonchev–Trinajstić information content (AvgIpc) is 3.17. The van der Waals surface area contributed by atoms with Gasteiger partial charge in [-0.05, 0) is 23.8 Å². The van der Waals surface area contributed by atoms with Crippen molar-refractivity contribution in [2.75, 3.05) is 0 Å². The van der Waals surface area contributed by atoms with E-state index in [-0.39, 0.29) is 12.3 Å². The second kappa shape index (κ2) is 6.62. The van der Waals surface area contributed by atoms with Crippen molar-refractivity contribution in [3.8, 4) is 0 Å². The molecule has 0 aliphatic carbocycles. The third kappa shape index (κ3) is 3.75. The largest absolute Gasteiger partial charge is 0.342 e. The molecule has 2 aromatic heterocycles. The number of benzene rings is 1. The van der Waals surface area contributed by atoms with Crippen LogP contribution in [0.5, 0.6) is 0 Å². The molecule has 23 heavy (non-hydrogen) atoms. The van der Waals surface area contributed by atoms with Crippen molar-refractivity contribution in [1.29, 1.82) is 0 Å². The first-order valence-electron chi connectivity index (χ1n) is 6.95. The molecule has 0 aliphatic rings. The van der Waals surface area contributed by atoms with Crippen molar-refractivity contribution in [1.82, 2.24) is 25.7 Å². The van der Waals surface area contributed by atoms with Gasteiger partial charge in [-0.2, -0.15) is 10.1 Å². The van der Waals surface area contributed by atoms with Gasteiger partial charge in [-0.15, -0.1) is 0 Å². The average molecular weight is 332 g/mol. The summed E-state index contributed by atoms with van der Waals surface area (Å²) in [6, 6.07) is 8.36. The van der Waals surface area contributed by atoms with Crippen LogP contribution in [0.3, 0.4) is 0 Å². The van der Waals surface area contributed by atoms with Crippen molar-refractivity contribution >= 4 is 17.5 Å². The number of rotatable bonds is 5. The van der Waals surface area contributed by atoms with Gasteiger partial charge in [0.15, 0.2) is 5.82 Å². The standard InChI is InChI=1S/C15H14ClN5O2/c1-9-18-15(21-23-9)14(10-2-4-11(16)5-3-10)19-13(22)8-12-6-7-17-20-12/h2-7,14H,8H2,1H3,(H,17,20)(H,19,22)/t14-/m1/s1. The molecule has 0 saturated heterocycles. The highest BCUT2D eigenvalue weighted by Gasteiger charge is 2.22. The number of H-pyrrole nitrogens is 1. The van der Waals surface area contributed by atoms with Crippen molar-refractivity contribution in [2.45, 2.75) is 19.4 Å². The predicted molar refractivity (Wildman–Crippen MR) is 82.8 cm³/mol. The van der Waals surface area contributed by atoms with E-state index in [1.54, 1.807) is 31.3 Å². The van der Waals surface area contributed by atoms with Crippen molar-refractivity contribution < 1.29 is 9.32 Å². The highest BCUT2D eigenvalue weighted by Crippen LogP contribution is 2.21. The minimum Gasteiger partial charge on any atom is -0.342 e. The summed E-state index contributed by atoms with van der Waals surface area (Å²) in [4.78, 5) is 16.5. The Bertz CT molecular complexity index is 783. The number of hydrogen-bond donors (Lipinski definition) is 2. The van der Waals surface area contributed by atoms with Crippen LogP contribution >= 0.6 is 11.6 Å². The van der Waals surface area contributed by atoms with Gasteiger partial charge < -0.3 is 9.84 Å². The number of aryl methyl sites for hydroxylation is 1. The SMILES string of the molecule is Cc1nc([C@H](NC(=O)Cc2ccn[nH]2)c2ccc(Cl)cc2)no1. The first-order chi connectivity index (χ1) is 11.1. The van der Waals surface area contributed by atoms with Gasteiger partial charge in [0.25, 0.3) is 0 Å². The normalized spacial score (nSPS) is 12.1. The van der Waals surface area contributed by atoms with Gasteiger partial charge >= 0.3 is 0 Å². The molecule has 7 nitrogen and oxygen atoms in total. The molecular formula is C15H14ClN5O2. The summed E-state index contributed by atoms with van der Waals surface area (Å²) in [5.41, 5.74) is 1.54. The summed E-state index contributed by atoms with van der Waals surface area (Å²) in [5.74, 6) is 0.640. The fourth-order valence-electron chi connectivity index (χ4n) is 2.15. The van der Waals surface area contributed by atoms with E-state index in [1.807, 2.05) is 12.1 Å². The Hall–Kier alpha value is -2.67. The fraction of sp³-hybridized carbons (Fsp3) is 0.200. The van der Waals surface area contributed by atoms with Crippen LogP contribution in [-0.2, 0) is 11.2 Å². The molecule has 0 radical (unpaired) electrons. The summed E-state index contributed by atoms with van der Waals surface area (Å²) in [7, 11) is 0. The summed E-state index contributed by atoms with van der Waals surface area (Å²) in [6.45, 7) is 1.70. The lowest BCUT2D eigenvalue weighted by Crippen LogP contribution is -2.31. The maximum absolute atomic E-state index is 12.3. The molecule has 2 heterocycles. The molecule has 0 bridgehead atoms. The molecule has 0 unspecified atom stereocenters. The van der Waals surface area contributed by atoms with Gasteiger partial charge in [0.2, 0.25) is 11.8 Å². The number of aromatic nitrogens is 4. The Kier molecular flexibility index (Phi) is 4.38. The van der Waals surface area contributed by atoms with Gasteiger partial charge in [0.05, 0.1) is 6.42 Å². The first kappa shape index (κ1) is 15.2. The summed E-state index contributed by atoms with van der Waals surface area (Å²) in [6.07, 6.45) is 1.78. The number of carbonyl (C=O) groups is 1. The van der Waals surface area contributed by atoms with E-state index in [9.17, 15) is 4.79 Å². The molecule has 1 atom stereocenters. The molecule has 0 fully saturated rings. The highest BCUT2D eigenvalue weighted by atomic mass is 35.5. The molecule has 1 amide bonds. The zero-order valence-electron chi connectivity index (χ0n) is 12.3. The molecule has 0 aliphatic heterocycles. The molecule has 0 saturated carbocycles. The van der Waals surface area contributed by atoms with Crippen LogP contribution in [0.25, 0.3) is 0 Å². The lowest BCUT2D eigenvalue weighted by atomic mass is 10.1. The van der Waals surface area contributed by atoms with E-state index >= 15 is 0 Å². The van der Waals surface area contributed by atoms with Crippen LogP contribution < -0.4 is 5.32 Å². The topological polar surface area (TPSA) is 96.7 Å². The van der Waals surface area contributed by atoms with Gasteiger partial charge in [0.1, 0.15) is 6.04 Å². The number of halogens is 1. The third-order valence-electron chi connectivity index (χ3n) is 3.22. The molecule has 118 valence electrons. The lowest BCUT2D eigenvalue weighted by Gasteiger charge is -2.15. The van der Waals surface area contributed by atoms with E-state index in [0.29, 0.717) is 16.7 Å². The molecule has 2 N–H and O–H groups in total. The number of amides is 1. The lowest BCUT2D eigenvalue weighted by molar-refractivity contribution is -0.121. The zero-order valence-corrected chi connectivity index (χ0v) is 13.0. The molecule has 0 spiro atoms. The summed E-state index contributed by atoms with van der Waals surface area (Å²) < 4.78 is 5.02. The third-order valence-corrected chi connectivity index (χ3v) is 3.47. The molecular weight excluding hydrogens is 318 g/mol. The highest BCUT2D eigenvalue weighted by molar-refractivity contribution is 6.30. The van der Waals surface area contributed by atoms with Crippen molar-refractivity contribution in [3.63, 3.8) is 0 Å². The minimum absolute atomic E-state index is 0.181.